The van der Waals surface area contributed by atoms with Gasteiger partial charge in [0.2, 0.25) is 29.5 Å². The zero-order chi connectivity index (χ0) is 33.3. The number of aliphatic carboxylic acids is 1. The van der Waals surface area contributed by atoms with Crippen molar-refractivity contribution >= 4 is 35.5 Å². The Labute approximate surface area is 259 Å². The van der Waals surface area contributed by atoms with Gasteiger partial charge >= 0.3 is 5.97 Å². The molecular weight excluding hydrogens is 592 g/mol. The number of carboxylic acids is 1. The van der Waals surface area contributed by atoms with E-state index in [0.29, 0.717) is 24.9 Å². The fourth-order valence-electron chi connectivity index (χ4n) is 5.26. The summed E-state index contributed by atoms with van der Waals surface area (Å²) in [4.78, 5) is 77.6. The largest absolute Gasteiger partial charge is 0.508 e. The van der Waals surface area contributed by atoms with Gasteiger partial charge in [-0.25, -0.2) is 4.79 Å². The third-order valence-electron chi connectivity index (χ3n) is 7.82. The van der Waals surface area contributed by atoms with Crippen LogP contribution in [0.4, 0.5) is 0 Å². The predicted molar refractivity (Wildman–Crippen MR) is 157 cm³/mol. The van der Waals surface area contributed by atoms with Gasteiger partial charge in [-0.2, -0.15) is 0 Å². The quantitative estimate of drug-likeness (QED) is 0.100. The number of phenolic OH excluding ortho intramolecular Hbond substituents is 1. The van der Waals surface area contributed by atoms with Crippen LogP contribution in [-0.2, 0) is 35.2 Å². The molecule has 2 aliphatic rings. The Morgan fingerprint density at radius 3 is 2.16 bits per heavy atom. The van der Waals surface area contributed by atoms with Crippen LogP contribution in [0, 0.1) is 0 Å². The van der Waals surface area contributed by atoms with Crippen molar-refractivity contribution in [1.82, 2.24) is 31.5 Å². The van der Waals surface area contributed by atoms with Crippen LogP contribution in [0.2, 0.25) is 0 Å². The Kier molecular flexibility index (Phi) is 12.6. The molecule has 45 heavy (non-hydrogen) atoms. The third kappa shape index (κ3) is 9.60. The number of aromatic hydroxyl groups is 1. The van der Waals surface area contributed by atoms with Crippen molar-refractivity contribution in [2.24, 2.45) is 0 Å². The molecular formula is C29H42N6O10. The lowest BCUT2D eigenvalue weighted by atomic mass is 10.1. The molecule has 0 saturated carbocycles. The topological polar surface area (TPSA) is 247 Å². The molecule has 1 aromatic rings. The van der Waals surface area contributed by atoms with E-state index in [1.807, 2.05) is 0 Å². The van der Waals surface area contributed by atoms with Crippen LogP contribution in [0.3, 0.4) is 0 Å². The average Bonchev–Trinajstić information content (AvgIpc) is 3.72. The molecule has 0 bridgehead atoms. The lowest BCUT2D eigenvalue weighted by Gasteiger charge is -2.30. The number of benzene rings is 1. The summed E-state index contributed by atoms with van der Waals surface area (Å²) in [5.41, 5.74) is 0.552. The number of hydrogen-bond acceptors (Lipinski definition) is 10. The van der Waals surface area contributed by atoms with E-state index in [4.69, 9.17) is 0 Å². The van der Waals surface area contributed by atoms with Crippen LogP contribution in [0.15, 0.2) is 24.3 Å². The van der Waals surface area contributed by atoms with Gasteiger partial charge in [-0.15, -0.1) is 0 Å². The van der Waals surface area contributed by atoms with E-state index in [9.17, 15) is 49.2 Å². The Bertz CT molecular complexity index is 1240. The number of rotatable bonds is 14. The number of nitrogens with zero attached hydrogens (tertiary/aromatic N) is 1. The normalized spacial score (nSPS) is 21.1. The first-order chi connectivity index (χ1) is 21.3. The van der Waals surface area contributed by atoms with Crippen LogP contribution in [0.1, 0.15) is 45.1 Å². The highest BCUT2D eigenvalue weighted by Crippen LogP contribution is 2.19. The van der Waals surface area contributed by atoms with E-state index in [2.05, 4.69) is 26.6 Å². The molecule has 9 N–H and O–H groups in total. The second-order valence-corrected chi connectivity index (χ2v) is 11.3. The molecule has 0 aliphatic carbocycles. The standard InChI is InChI=1S/C29H42N6O10/c1-15(24(39)32-20(29(44)45)13-17-7-9-18(38)10-8-17)31-26(41)22-6-4-12-35(22)28(43)21(14-36)33-27(42)23(16(2)37)34-25(40)19-5-3-11-30-19/h7-10,15-16,19-23,30,36-38H,3-6,11-14H2,1-2H3,(H,31,41)(H,32,39)(H,33,42)(H,34,40)(H,44,45)/t15-,16+,19-,20-,21-,22-,23-/m0/s1. The molecule has 2 aliphatic heterocycles. The maximum Gasteiger partial charge on any atom is 0.326 e. The fourth-order valence-corrected chi connectivity index (χ4v) is 5.26. The van der Waals surface area contributed by atoms with Crippen molar-refractivity contribution in [2.45, 2.75) is 88.3 Å². The monoisotopic (exact) mass is 634 g/mol. The Morgan fingerprint density at radius 1 is 0.911 bits per heavy atom. The number of amides is 5. The molecule has 5 amide bonds. The van der Waals surface area contributed by atoms with Crippen molar-refractivity contribution in [1.29, 1.82) is 0 Å². The number of likely N-dealkylation sites (tertiary alicyclic amines) is 1. The first kappa shape index (κ1) is 35.2. The number of phenols is 1. The van der Waals surface area contributed by atoms with Gasteiger partial charge < -0.3 is 51.9 Å². The highest BCUT2D eigenvalue weighted by atomic mass is 16.4. The van der Waals surface area contributed by atoms with Gasteiger partial charge in [0.05, 0.1) is 18.8 Å². The van der Waals surface area contributed by atoms with E-state index >= 15 is 0 Å². The Hall–Kier alpha value is -4.28. The van der Waals surface area contributed by atoms with Gasteiger partial charge in [0.15, 0.2) is 0 Å². The fraction of sp³-hybridized carbons (Fsp3) is 0.586. The zero-order valence-electron chi connectivity index (χ0n) is 25.2. The minimum absolute atomic E-state index is 0.00268. The number of carboxylic acid groups (broad SMARTS) is 1. The van der Waals surface area contributed by atoms with Crippen molar-refractivity contribution in [3.63, 3.8) is 0 Å². The predicted octanol–water partition coefficient (Wildman–Crippen LogP) is -2.91. The minimum atomic E-state index is -1.48. The van der Waals surface area contributed by atoms with E-state index in [0.717, 1.165) is 6.42 Å². The van der Waals surface area contributed by atoms with E-state index in [1.165, 1.54) is 43.0 Å². The smallest absolute Gasteiger partial charge is 0.326 e. The number of hydrogen-bond donors (Lipinski definition) is 9. The number of aliphatic hydroxyl groups excluding tert-OH is 2. The van der Waals surface area contributed by atoms with Crippen LogP contribution in [-0.4, -0.2) is 123 Å². The zero-order valence-corrected chi connectivity index (χ0v) is 25.2. The summed E-state index contributed by atoms with van der Waals surface area (Å²) in [7, 11) is 0. The van der Waals surface area contributed by atoms with Crippen LogP contribution in [0.25, 0.3) is 0 Å². The number of carbonyl (C=O) groups is 6. The molecule has 2 fully saturated rings. The van der Waals surface area contributed by atoms with E-state index in [-0.39, 0.29) is 25.1 Å². The van der Waals surface area contributed by atoms with Gasteiger partial charge in [-0.05, 0) is 63.8 Å². The summed E-state index contributed by atoms with van der Waals surface area (Å²) in [6, 6.07) is -1.11. The first-order valence-electron chi connectivity index (χ1n) is 14.9. The maximum atomic E-state index is 13.3. The summed E-state index contributed by atoms with van der Waals surface area (Å²) in [5.74, 6) is -4.90. The molecule has 7 atom stereocenters. The average molecular weight is 635 g/mol. The number of carbonyl (C=O) groups excluding carboxylic acids is 5. The van der Waals surface area contributed by atoms with E-state index in [1.54, 1.807) is 0 Å². The van der Waals surface area contributed by atoms with Crippen molar-refractivity contribution < 1.29 is 49.2 Å². The van der Waals surface area contributed by atoms with E-state index < -0.39 is 84.5 Å². The molecule has 3 rings (SSSR count). The first-order valence-corrected chi connectivity index (χ1v) is 14.9. The van der Waals surface area contributed by atoms with Crippen LogP contribution in [0.5, 0.6) is 5.75 Å². The lowest BCUT2D eigenvalue weighted by Crippen LogP contribution is -2.61. The SMILES string of the molecule is C[C@H](NC(=O)[C@@H]1CCCN1C(=O)[C@H](CO)NC(=O)[C@@H](NC(=O)[C@@H]1CCCN1)[C@@H](C)O)C(=O)N[C@@H](Cc1ccc(O)cc1)C(=O)O. The van der Waals surface area contributed by atoms with Gasteiger partial charge in [0, 0.05) is 13.0 Å². The molecule has 0 aromatic heterocycles. The Morgan fingerprint density at radius 2 is 1.58 bits per heavy atom. The summed E-state index contributed by atoms with van der Waals surface area (Å²) in [5, 5.41) is 51.8. The molecule has 1 aromatic carbocycles. The highest BCUT2D eigenvalue weighted by Gasteiger charge is 2.40. The molecule has 248 valence electrons. The lowest BCUT2D eigenvalue weighted by molar-refractivity contribution is -0.144. The maximum absolute atomic E-state index is 13.3. The molecule has 0 radical (unpaired) electrons. The Balaban J connectivity index is 1.59. The molecule has 16 heteroatoms. The molecule has 16 nitrogen and oxygen atoms in total. The van der Waals surface area contributed by atoms with Crippen molar-refractivity contribution in [3.8, 4) is 5.75 Å². The van der Waals surface area contributed by atoms with Gasteiger partial charge in [-0.1, -0.05) is 12.1 Å². The van der Waals surface area contributed by atoms with Crippen LogP contribution < -0.4 is 26.6 Å². The van der Waals surface area contributed by atoms with Gasteiger partial charge in [0.1, 0.15) is 36.0 Å². The number of aliphatic hydroxyl groups is 2. The summed E-state index contributed by atoms with van der Waals surface area (Å²) in [6.07, 6.45) is 0.615. The molecule has 2 heterocycles. The minimum Gasteiger partial charge on any atom is -0.508 e. The second kappa shape index (κ2) is 16.2. The molecule has 2 saturated heterocycles. The molecule has 0 unspecified atom stereocenters. The van der Waals surface area contributed by atoms with Crippen molar-refractivity contribution in [2.75, 3.05) is 19.7 Å². The summed E-state index contributed by atoms with van der Waals surface area (Å²) in [6.45, 7) is 2.60. The van der Waals surface area contributed by atoms with Crippen molar-refractivity contribution in [3.05, 3.63) is 29.8 Å². The highest BCUT2D eigenvalue weighted by molar-refractivity contribution is 5.96. The number of nitrogens with one attached hydrogen (secondary N) is 5. The van der Waals surface area contributed by atoms with Gasteiger partial charge in [-0.3, -0.25) is 24.0 Å². The summed E-state index contributed by atoms with van der Waals surface area (Å²) >= 11 is 0. The summed E-state index contributed by atoms with van der Waals surface area (Å²) < 4.78 is 0. The van der Waals surface area contributed by atoms with Crippen LogP contribution >= 0.6 is 0 Å². The molecule has 0 spiro atoms. The van der Waals surface area contributed by atoms with Gasteiger partial charge in [0.25, 0.3) is 0 Å². The second-order valence-electron chi connectivity index (χ2n) is 11.3. The third-order valence-corrected chi connectivity index (χ3v) is 7.82.